The lowest BCUT2D eigenvalue weighted by Crippen LogP contribution is -2.34. The Bertz CT molecular complexity index is 608. The monoisotopic (exact) mass is 305 g/mol. The minimum Gasteiger partial charge on any atom is -0.465 e. The van der Waals surface area contributed by atoms with Gasteiger partial charge < -0.3 is 15.3 Å². The molecule has 0 saturated carbocycles. The highest BCUT2D eigenvalue weighted by Crippen LogP contribution is 2.28. The van der Waals surface area contributed by atoms with E-state index in [2.05, 4.69) is 10.3 Å². The first-order chi connectivity index (χ1) is 9.97. The van der Waals surface area contributed by atoms with Gasteiger partial charge in [-0.1, -0.05) is 24.3 Å². The van der Waals surface area contributed by atoms with Crippen LogP contribution in [0.5, 0.6) is 0 Å². The largest absolute Gasteiger partial charge is 0.465 e. The zero-order valence-electron chi connectivity index (χ0n) is 12.3. The number of carboxylic acid groups (broad SMARTS) is 1. The van der Waals surface area contributed by atoms with E-state index in [9.17, 15) is 4.79 Å². The van der Waals surface area contributed by atoms with Crippen LogP contribution in [0.15, 0.2) is 29.8 Å². The van der Waals surface area contributed by atoms with Crippen LogP contribution >= 0.6 is 11.3 Å². The standard InChI is InChI=1S/C15H19N3O2S/c1-10-14(21-9-16-10)12-6-4-11(5-7-12)13(8-18(2)3)17-15(19)20/h4-7,9,13,17H,8H2,1-3H3,(H,19,20)/t13-/m0/s1. The number of thiazole rings is 1. The van der Waals surface area contributed by atoms with Crippen LogP contribution in [0, 0.1) is 6.92 Å². The highest BCUT2D eigenvalue weighted by Gasteiger charge is 2.15. The van der Waals surface area contributed by atoms with E-state index in [1.807, 2.05) is 55.7 Å². The van der Waals surface area contributed by atoms with E-state index in [4.69, 9.17) is 5.11 Å². The van der Waals surface area contributed by atoms with Gasteiger partial charge in [0.15, 0.2) is 0 Å². The van der Waals surface area contributed by atoms with Crippen LogP contribution in [-0.4, -0.2) is 41.7 Å². The molecule has 0 saturated heterocycles. The van der Waals surface area contributed by atoms with Crippen LogP contribution in [0.1, 0.15) is 17.3 Å². The number of nitrogens with zero attached hydrogens (tertiary/aromatic N) is 2. The molecule has 21 heavy (non-hydrogen) atoms. The molecule has 6 heteroatoms. The van der Waals surface area contributed by atoms with Gasteiger partial charge in [0, 0.05) is 6.54 Å². The molecule has 0 radical (unpaired) electrons. The lowest BCUT2D eigenvalue weighted by Gasteiger charge is -2.21. The van der Waals surface area contributed by atoms with Gasteiger partial charge in [-0.3, -0.25) is 0 Å². The number of aryl methyl sites for hydroxylation is 1. The first-order valence-electron chi connectivity index (χ1n) is 6.62. The number of hydrogen-bond acceptors (Lipinski definition) is 4. The number of hydrogen-bond donors (Lipinski definition) is 2. The summed E-state index contributed by atoms with van der Waals surface area (Å²) in [4.78, 5) is 18.3. The van der Waals surface area contributed by atoms with Gasteiger partial charge in [0.25, 0.3) is 0 Å². The molecule has 5 nitrogen and oxygen atoms in total. The van der Waals surface area contributed by atoms with Crippen molar-refractivity contribution < 1.29 is 9.90 Å². The Morgan fingerprint density at radius 1 is 1.38 bits per heavy atom. The minimum absolute atomic E-state index is 0.242. The summed E-state index contributed by atoms with van der Waals surface area (Å²) in [6.45, 7) is 2.60. The number of likely N-dealkylation sites (N-methyl/N-ethyl adjacent to an activating group) is 1. The molecule has 2 N–H and O–H groups in total. The summed E-state index contributed by atoms with van der Waals surface area (Å²) < 4.78 is 0. The Morgan fingerprint density at radius 3 is 2.52 bits per heavy atom. The Hall–Kier alpha value is -1.92. The fourth-order valence-corrected chi connectivity index (χ4v) is 3.01. The molecule has 1 heterocycles. The van der Waals surface area contributed by atoms with Crippen molar-refractivity contribution in [1.82, 2.24) is 15.2 Å². The molecule has 112 valence electrons. The quantitative estimate of drug-likeness (QED) is 0.891. The Labute approximate surface area is 128 Å². The molecule has 0 bridgehead atoms. The first-order valence-corrected chi connectivity index (χ1v) is 7.50. The number of aromatic nitrogens is 1. The molecule has 0 aliphatic rings. The van der Waals surface area contributed by atoms with Crippen LogP contribution in [0.3, 0.4) is 0 Å². The van der Waals surface area contributed by atoms with E-state index in [1.54, 1.807) is 11.3 Å². The molecule has 2 aromatic rings. The van der Waals surface area contributed by atoms with Gasteiger partial charge >= 0.3 is 6.09 Å². The molecule has 1 aromatic carbocycles. The molecular formula is C15H19N3O2S. The maximum atomic E-state index is 10.9. The van der Waals surface area contributed by atoms with Crippen LogP contribution in [0.2, 0.25) is 0 Å². The highest BCUT2D eigenvalue weighted by atomic mass is 32.1. The van der Waals surface area contributed by atoms with Crippen LogP contribution in [-0.2, 0) is 0 Å². The maximum Gasteiger partial charge on any atom is 0.405 e. The van der Waals surface area contributed by atoms with Crippen molar-refractivity contribution in [1.29, 1.82) is 0 Å². The van der Waals surface area contributed by atoms with E-state index in [0.29, 0.717) is 6.54 Å². The van der Waals surface area contributed by atoms with E-state index in [1.165, 1.54) is 0 Å². The van der Waals surface area contributed by atoms with Crippen LogP contribution < -0.4 is 5.32 Å². The number of carbonyl (C=O) groups is 1. The third kappa shape index (κ3) is 4.03. The average molecular weight is 305 g/mol. The van der Waals surface area contributed by atoms with Gasteiger partial charge in [-0.05, 0) is 32.1 Å². The molecule has 0 aliphatic heterocycles. The molecule has 2 rings (SSSR count). The topological polar surface area (TPSA) is 65.5 Å². The summed E-state index contributed by atoms with van der Waals surface area (Å²) in [6.07, 6.45) is -1.01. The number of benzene rings is 1. The van der Waals surface area contributed by atoms with Crippen molar-refractivity contribution >= 4 is 17.4 Å². The summed E-state index contributed by atoms with van der Waals surface area (Å²) in [7, 11) is 3.84. The van der Waals surface area contributed by atoms with Gasteiger partial charge in [-0.25, -0.2) is 9.78 Å². The van der Waals surface area contributed by atoms with E-state index < -0.39 is 6.09 Å². The first kappa shape index (κ1) is 15.5. The average Bonchev–Trinajstić information content (AvgIpc) is 2.83. The maximum absolute atomic E-state index is 10.9. The van der Waals surface area contributed by atoms with E-state index in [-0.39, 0.29) is 6.04 Å². The lowest BCUT2D eigenvalue weighted by atomic mass is 10.0. The number of nitrogens with one attached hydrogen (secondary N) is 1. The van der Waals surface area contributed by atoms with Crippen LogP contribution in [0.25, 0.3) is 10.4 Å². The fourth-order valence-electron chi connectivity index (χ4n) is 2.19. The van der Waals surface area contributed by atoms with Gasteiger partial charge in [0.2, 0.25) is 0 Å². The van der Waals surface area contributed by atoms with Crippen molar-refractivity contribution in [2.75, 3.05) is 20.6 Å². The number of amides is 1. The third-order valence-electron chi connectivity index (χ3n) is 3.17. The molecule has 1 aromatic heterocycles. The summed E-state index contributed by atoms with van der Waals surface area (Å²) >= 11 is 1.61. The zero-order valence-corrected chi connectivity index (χ0v) is 13.1. The molecular weight excluding hydrogens is 286 g/mol. The molecule has 0 spiro atoms. The highest BCUT2D eigenvalue weighted by molar-refractivity contribution is 7.13. The molecule has 0 aliphatic carbocycles. The Morgan fingerprint density at radius 2 is 2.05 bits per heavy atom. The predicted molar refractivity (Wildman–Crippen MR) is 84.7 cm³/mol. The van der Waals surface area contributed by atoms with Crippen LogP contribution in [0.4, 0.5) is 4.79 Å². The Kier molecular flexibility index (Phi) is 4.93. The normalized spacial score (nSPS) is 12.4. The molecule has 0 unspecified atom stereocenters. The van der Waals surface area contributed by atoms with Crippen molar-refractivity contribution in [3.8, 4) is 10.4 Å². The SMILES string of the molecule is Cc1ncsc1-c1ccc([C@H](CN(C)C)NC(=O)O)cc1. The lowest BCUT2D eigenvalue weighted by molar-refractivity contribution is 0.186. The summed E-state index contributed by atoms with van der Waals surface area (Å²) in [5.41, 5.74) is 4.91. The van der Waals surface area contributed by atoms with Gasteiger partial charge in [-0.15, -0.1) is 11.3 Å². The zero-order chi connectivity index (χ0) is 15.4. The Balaban J connectivity index is 2.23. The summed E-state index contributed by atoms with van der Waals surface area (Å²) in [5.74, 6) is 0. The van der Waals surface area contributed by atoms with Crippen molar-refractivity contribution in [2.24, 2.45) is 0 Å². The molecule has 1 amide bonds. The van der Waals surface area contributed by atoms with Crippen molar-refractivity contribution in [3.63, 3.8) is 0 Å². The smallest absolute Gasteiger partial charge is 0.405 e. The van der Waals surface area contributed by atoms with E-state index in [0.717, 1.165) is 21.7 Å². The third-order valence-corrected chi connectivity index (χ3v) is 4.14. The number of rotatable bonds is 5. The second kappa shape index (κ2) is 6.69. The van der Waals surface area contributed by atoms with Gasteiger partial charge in [0.05, 0.1) is 22.1 Å². The molecule has 0 fully saturated rings. The van der Waals surface area contributed by atoms with Crippen molar-refractivity contribution in [2.45, 2.75) is 13.0 Å². The molecule has 1 atom stereocenters. The van der Waals surface area contributed by atoms with Gasteiger partial charge in [0.1, 0.15) is 0 Å². The predicted octanol–water partition coefficient (Wildman–Crippen LogP) is 2.99. The van der Waals surface area contributed by atoms with Crippen molar-refractivity contribution in [3.05, 3.63) is 41.0 Å². The minimum atomic E-state index is -1.01. The fraction of sp³-hybridized carbons (Fsp3) is 0.333. The summed E-state index contributed by atoms with van der Waals surface area (Å²) in [6, 6.07) is 7.73. The summed E-state index contributed by atoms with van der Waals surface area (Å²) in [5, 5.41) is 11.5. The van der Waals surface area contributed by atoms with Gasteiger partial charge in [-0.2, -0.15) is 0 Å². The van der Waals surface area contributed by atoms with E-state index >= 15 is 0 Å². The second-order valence-corrected chi connectivity index (χ2v) is 6.01. The second-order valence-electron chi connectivity index (χ2n) is 5.15.